The lowest BCUT2D eigenvalue weighted by atomic mass is 9.92. The molecule has 2 heterocycles. The Morgan fingerprint density at radius 1 is 1.39 bits per heavy atom. The van der Waals surface area contributed by atoms with Crippen LogP contribution in [0, 0.1) is 11.8 Å². The average molecular weight is 403 g/mol. The van der Waals surface area contributed by atoms with Crippen molar-refractivity contribution in [2.75, 3.05) is 26.2 Å². The van der Waals surface area contributed by atoms with Gasteiger partial charge in [-0.2, -0.15) is 0 Å². The number of nitrogens with zero attached hydrogens (tertiary/aromatic N) is 2. The van der Waals surface area contributed by atoms with E-state index in [0.29, 0.717) is 12.1 Å². The minimum Gasteiger partial charge on any atom is -0.352 e. The molecule has 0 bridgehead atoms. The lowest BCUT2D eigenvalue weighted by molar-refractivity contribution is 0.0951. The first-order valence-electron chi connectivity index (χ1n) is 8.27. The minimum absolute atomic E-state index is 0.163. The number of piperidine rings is 1. The summed E-state index contributed by atoms with van der Waals surface area (Å²) < 4.78 is 0.750. The Balaban J connectivity index is 1.67. The lowest BCUT2D eigenvalue weighted by Gasteiger charge is -2.34. The number of hydrogen-bond acceptors (Lipinski definition) is 3. The number of nitrogens with one attached hydrogen (secondary N) is 1. The van der Waals surface area contributed by atoms with Crippen molar-refractivity contribution >= 4 is 33.4 Å². The topological polar surface area (TPSA) is 45.2 Å². The van der Waals surface area contributed by atoms with Gasteiger partial charge in [0.2, 0.25) is 0 Å². The number of rotatable bonds is 6. The first kappa shape index (κ1) is 18.7. The van der Waals surface area contributed by atoms with Crippen LogP contribution in [0.25, 0.3) is 0 Å². The molecule has 2 unspecified atom stereocenters. The Labute approximate surface area is 152 Å². The van der Waals surface area contributed by atoms with E-state index in [0.717, 1.165) is 35.7 Å². The SMILES string of the molecule is CC1CC(C)CN(CCCCNC(=O)c2cc(Br)cnc2Cl)C1. The molecule has 4 nitrogen and oxygen atoms in total. The summed E-state index contributed by atoms with van der Waals surface area (Å²) in [5.74, 6) is 1.43. The molecule has 1 aliphatic heterocycles. The zero-order valence-corrected chi connectivity index (χ0v) is 16.2. The number of aromatic nitrogens is 1. The van der Waals surface area contributed by atoms with E-state index in [1.807, 2.05) is 0 Å². The number of pyridine rings is 1. The molecule has 2 rings (SSSR count). The smallest absolute Gasteiger partial charge is 0.254 e. The molecule has 1 aromatic rings. The van der Waals surface area contributed by atoms with Gasteiger partial charge in [-0.15, -0.1) is 0 Å². The molecule has 0 spiro atoms. The highest BCUT2D eigenvalue weighted by Crippen LogP contribution is 2.21. The number of likely N-dealkylation sites (tertiary alicyclic amines) is 1. The number of carbonyl (C=O) groups excluding carboxylic acids is 1. The summed E-state index contributed by atoms with van der Waals surface area (Å²) in [6.07, 6.45) is 5.00. The van der Waals surface area contributed by atoms with Gasteiger partial charge in [0.15, 0.2) is 0 Å². The van der Waals surface area contributed by atoms with Crippen molar-refractivity contribution < 1.29 is 4.79 Å². The van der Waals surface area contributed by atoms with Crippen LogP contribution in [0.1, 0.15) is 43.5 Å². The molecule has 0 aliphatic carbocycles. The Bertz CT molecular complexity index is 531. The standard InChI is InChI=1S/C17H25BrClN3O/c1-12-7-13(2)11-22(10-12)6-4-3-5-20-17(23)15-8-14(18)9-21-16(15)19/h8-9,12-13H,3-7,10-11H2,1-2H3,(H,20,23). The van der Waals surface area contributed by atoms with Gasteiger partial charge in [-0.05, 0) is 59.6 Å². The van der Waals surface area contributed by atoms with Crippen LogP contribution >= 0.6 is 27.5 Å². The Kier molecular flexibility index (Phi) is 7.31. The normalized spacial score (nSPS) is 22.1. The van der Waals surface area contributed by atoms with Crippen molar-refractivity contribution in [3.05, 3.63) is 27.5 Å². The van der Waals surface area contributed by atoms with Crippen LogP contribution in [0.5, 0.6) is 0 Å². The van der Waals surface area contributed by atoms with Gasteiger partial charge in [-0.1, -0.05) is 25.4 Å². The van der Waals surface area contributed by atoms with Gasteiger partial charge in [0.05, 0.1) is 5.56 Å². The predicted molar refractivity (Wildman–Crippen MR) is 97.9 cm³/mol. The monoisotopic (exact) mass is 401 g/mol. The molecule has 1 aromatic heterocycles. The second-order valence-corrected chi connectivity index (χ2v) is 7.93. The molecule has 23 heavy (non-hydrogen) atoms. The van der Waals surface area contributed by atoms with Crippen LogP contribution in [0.2, 0.25) is 5.15 Å². The summed E-state index contributed by atoms with van der Waals surface area (Å²) in [5.41, 5.74) is 0.416. The third-order valence-electron chi connectivity index (χ3n) is 4.18. The maximum Gasteiger partial charge on any atom is 0.254 e. The third kappa shape index (κ3) is 6.05. The fraction of sp³-hybridized carbons (Fsp3) is 0.647. The molecule has 6 heteroatoms. The Morgan fingerprint density at radius 3 is 2.78 bits per heavy atom. The number of hydrogen-bond donors (Lipinski definition) is 1. The fourth-order valence-electron chi connectivity index (χ4n) is 3.31. The highest BCUT2D eigenvalue weighted by atomic mass is 79.9. The van der Waals surface area contributed by atoms with Crippen LogP contribution in [0.15, 0.2) is 16.7 Å². The van der Waals surface area contributed by atoms with Crippen molar-refractivity contribution in [3.8, 4) is 0 Å². The highest BCUT2D eigenvalue weighted by Gasteiger charge is 2.21. The van der Waals surface area contributed by atoms with Crippen molar-refractivity contribution in [2.24, 2.45) is 11.8 Å². The Hall–Kier alpha value is -0.650. The maximum atomic E-state index is 12.1. The molecular weight excluding hydrogens is 378 g/mol. The summed E-state index contributed by atoms with van der Waals surface area (Å²) >= 11 is 9.27. The van der Waals surface area contributed by atoms with E-state index in [4.69, 9.17) is 11.6 Å². The summed E-state index contributed by atoms with van der Waals surface area (Å²) in [7, 11) is 0. The summed E-state index contributed by atoms with van der Waals surface area (Å²) in [4.78, 5) is 18.6. The summed E-state index contributed by atoms with van der Waals surface area (Å²) in [5, 5.41) is 3.16. The molecular formula is C17H25BrClN3O. The number of unbranched alkanes of at least 4 members (excludes halogenated alkanes) is 1. The van der Waals surface area contributed by atoms with Crippen molar-refractivity contribution in [2.45, 2.75) is 33.1 Å². The fourth-order valence-corrected chi connectivity index (χ4v) is 3.83. The molecule has 0 aromatic carbocycles. The van der Waals surface area contributed by atoms with Crippen molar-refractivity contribution in [1.29, 1.82) is 0 Å². The first-order valence-corrected chi connectivity index (χ1v) is 9.44. The maximum absolute atomic E-state index is 12.1. The van der Waals surface area contributed by atoms with Crippen LogP contribution in [0.4, 0.5) is 0 Å². The van der Waals surface area contributed by atoms with Crippen LogP contribution in [-0.2, 0) is 0 Å². The number of halogens is 2. The van der Waals surface area contributed by atoms with Gasteiger partial charge in [-0.25, -0.2) is 4.98 Å². The summed E-state index contributed by atoms with van der Waals surface area (Å²) in [6.45, 7) is 8.85. The van der Waals surface area contributed by atoms with Gasteiger partial charge in [-0.3, -0.25) is 4.79 Å². The molecule has 1 saturated heterocycles. The van der Waals surface area contributed by atoms with Crippen molar-refractivity contribution in [3.63, 3.8) is 0 Å². The van der Waals surface area contributed by atoms with E-state index in [9.17, 15) is 4.79 Å². The summed E-state index contributed by atoms with van der Waals surface area (Å²) in [6, 6.07) is 1.70. The van der Waals surface area contributed by atoms with E-state index in [2.05, 4.69) is 45.0 Å². The Morgan fingerprint density at radius 2 is 2.09 bits per heavy atom. The van der Waals surface area contributed by atoms with Gasteiger partial charge >= 0.3 is 0 Å². The molecule has 2 atom stereocenters. The van der Waals surface area contributed by atoms with Crippen LogP contribution < -0.4 is 5.32 Å². The van der Waals surface area contributed by atoms with Gasteiger partial charge in [0.25, 0.3) is 5.91 Å². The van der Waals surface area contributed by atoms with Gasteiger partial charge in [0.1, 0.15) is 5.15 Å². The van der Waals surface area contributed by atoms with E-state index in [-0.39, 0.29) is 11.1 Å². The van der Waals surface area contributed by atoms with E-state index < -0.39 is 0 Å². The molecule has 0 saturated carbocycles. The molecule has 0 radical (unpaired) electrons. The molecule has 1 amide bonds. The van der Waals surface area contributed by atoms with Gasteiger partial charge in [0, 0.05) is 30.3 Å². The van der Waals surface area contributed by atoms with E-state index >= 15 is 0 Å². The molecule has 1 N–H and O–H groups in total. The predicted octanol–water partition coefficient (Wildman–Crippen LogP) is 3.99. The zero-order chi connectivity index (χ0) is 16.8. The van der Waals surface area contributed by atoms with E-state index in [1.54, 1.807) is 12.3 Å². The number of carbonyl (C=O) groups is 1. The second kappa shape index (κ2) is 9.00. The van der Waals surface area contributed by atoms with Crippen LogP contribution in [0.3, 0.4) is 0 Å². The largest absolute Gasteiger partial charge is 0.352 e. The molecule has 1 fully saturated rings. The van der Waals surface area contributed by atoms with Crippen LogP contribution in [-0.4, -0.2) is 42.0 Å². The van der Waals surface area contributed by atoms with Crippen molar-refractivity contribution in [1.82, 2.24) is 15.2 Å². The second-order valence-electron chi connectivity index (χ2n) is 6.66. The first-order chi connectivity index (χ1) is 11.0. The highest BCUT2D eigenvalue weighted by molar-refractivity contribution is 9.10. The zero-order valence-electron chi connectivity index (χ0n) is 13.8. The average Bonchev–Trinajstić information content (AvgIpc) is 2.48. The lowest BCUT2D eigenvalue weighted by Crippen LogP contribution is -2.39. The third-order valence-corrected chi connectivity index (χ3v) is 4.92. The number of amides is 1. The quantitative estimate of drug-likeness (QED) is 0.578. The van der Waals surface area contributed by atoms with E-state index in [1.165, 1.54) is 19.5 Å². The minimum atomic E-state index is -0.163. The molecule has 128 valence electrons. The van der Waals surface area contributed by atoms with Gasteiger partial charge < -0.3 is 10.2 Å². The molecule has 1 aliphatic rings.